The van der Waals surface area contributed by atoms with Crippen molar-refractivity contribution in [1.29, 1.82) is 0 Å². The molecule has 0 spiro atoms. The molecule has 3 rings (SSSR count). The smallest absolute Gasteiger partial charge is 0.243 e. The average molecular weight is 557 g/mol. The molecule has 0 radical (unpaired) electrons. The maximum Gasteiger partial charge on any atom is 0.243 e. The minimum Gasteiger partial charge on any atom is -0.493 e. The Morgan fingerprint density at radius 3 is 2.42 bits per heavy atom. The van der Waals surface area contributed by atoms with E-state index in [0.29, 0.717) is 30.7 Å². The molecule has 1 aliphatic rings. The van der Waals surface area contributed by atoms with Crippen LogP contribution in [0.25, 0.3) is 0 Å². The highest BCUT2D eigenvalue weighted by atomic mass is 19.1. The second-order valence-corrected chi connectivity index (χ2v) is 10.2. The molecule has 220 valence electrons. The van der Waals surface area contributed by atoms with Gasteiger partial charge in [0.05, 0.1) is 13.0 Å². The number of amides is 3. The number of halogens is 1. The molecule has 1 unspecified atom stereocenters. The number of nitrogens with one attached hydrogen (secondary N) is 2. The Labute approximate surface area is 237 Å². The number of likely N-dealkylation sites (N-methyl/N-ethyl adjacent to an activating group) is 2. The quantitative estimate of drug-likeness (QED) is 0.305. The lowest BCUT2D eigenvalue weighted by atomic mass is 10.0. The molecule has 1 atom stereocenters. The standard InChI is InChI=1S/C18H26FN3O4.C13H19N/c1-12-8-13(19)10-14(9-12)26-7-5-4-6-17(24)22(3)15(11-16(20)23)18(25)21-2;1-3-11-6-5-7-12(10-11)13(8-9-13)14-4-2/h8-10,15H,4-7,11H2,1-3H3,(H2,20,23)(H,21,25);5-7,10,14H,3-4,8-9H2,1-2H3. The number of unbranched alkanes of at least 4 members (excludes halogenated alkanes) is 1. The summed E-state index contributed by atoms with van der Waals surface area (Å²) >= 11 is 0. The number of nitrogens with two attached hydrogens (primary N) is 1. The summed E-state index contributed by atoms with van der Waals surface area (Å²) in [4.78, 5) is 36.4. The summed E-state index contributed by atoms with van der Waals surface area (Å²) in [6.45, 7) is 7.59. The Bertz CT molecular complexity index is 1120. The van der Waals surface area contributed by atoms with Crippen molar-refractivity contribution in [3.05, 3.63) is 65.0 Å². The van der Waals surface area contributed by atoms with Crippen LogP contribution >= 0.6 is 0 Å². The molecule has 3 amide bonds. The van der Waals surface area contributed by atoms with Gasteiger partial charge < -0.3 is 26.0 Å². The van der Waals surface area contributed by atoms with E-state index in [-0.39, 0.29) is 24.6 Å². The first kappa shape index (κ1) is 32.8. The van der Waals surface area contributed by atoms with Crippen molar-refractivity contribution in [2.75, 3.05) is 27.2 Å². The van der Waals surface area contributed by atoms with Gasteiger partial charge in [-0.25, -0.2) is 4.39 Å². The molecular weight excluding hydrogens is 511 g/mol. The van der Waals surface area contributed by atoms with Crippen molar-refractivity contribution in [1.82, 2.24) is 15.5 Å². The highest BCUT2D eigenvalue weighted by Gasteiger charge is 2.43. The number of hydrogen-bond acceptors (Lipinski definition) is 5. The minimum atomic E-state index is -0.920. The molecule has 0 aliphatic heterocycles. The van der Waals surface area contributed by atoms with E-state index in [1.165, 1.54) is 55.1 Å². The van der Waals surface area contributed by atoms with Gasteiger partial charge in [0.25, 0.3) is 0 Å². The van der Waals surface area contributed by atoms with Crippen LogP contribution in [0.4, 0.5) is 4.39 Å². The van der Waals surface area contributed by atoms with Crippen LogP contribution < -0.4 is 21.1 Å². The van der Waals surface area contributed by atoms with Gasteiger partial charge in [-0.05, 0) is 74.4 Å². The molecule has 2 aromatic rings. The lowest BCUT2D eigenvalue weighted by molar-refractivity contribution is -0.140. The van der Waals surface area contributed by atoms with Crippen LogP contribution in [-0.2, 0) is 26.3 Å². The van der Waals surface area contributed by atoms with Crippen LogP contribution in [0.5, 0.6) is 5.75 Å². The summed E-state index contributed by atoms with van der Waals surface area (Å²) in [6, 6.07) is 12.6. The number of primary amides is 1. The number of aryl methyl sites for hydroxylation is 2. The number of rotatable bonds is 14. The van der Waals surface area contributed by atoms with Crippen molar-refractivity contribution in [2.45, 2.75) is 77.3 Å². The second kappa shape index (κ2) is 16.0. The fourth-order valence-electron chi connectivity index (χ4n) is 4.59. The molecule has 9 heteroatoms. The summed E-state index contributed by atoms with van der Waals surface area (Å²) in [6.07, 6.45) is 4.83. The molecule has 0 heterocycles. The van der Waals surface area contributed by atoms with Crippen LogP contribution in [0.1, 0.15) is 69.1 Å². The molecule has 0 saturated heterocycles. The van der Waals surface area contributed by atoms with Crippen molar-refractivity contribution >= 4 is 17.7 Å². The third kappa shape index (κ3) is 10.3. The van der Waals surface area contributed by atoms with E-state index in [4.69, 9.17) is 10.5 Å². The lowest BCUT2D eigenvalue weighted by Gasteiger charge is -2.26. The van der Waals surface area contributed by atoms with Gasteiger partial charge in [0.1, 0.15) is 17.6 Å². The molecule has 1 fully saturated rings. The summed E-state index contributed by atoms with van der Waals surface area (Å²) < 4.78 is 18.7. The van der Waals surface area contributed by atoms with Gasteiger partial charge in [0.2, 0.25) is 17.7 Å². The Balaban J connectivity index is 0.000000333. The molecule has 1 saturated carbocycles. The summed E-state index contributed by atoms with van der Waals surface area (Å²) in [5, 5.41) is 6.02. The normalized spacial score (nSPS) is 13.8. The van der Waals surface area contributed by atoms with Crippen molar-refractivity contribution in [2.24, 2.45) is 5.73 Å². The number of carbonyl (C=O) groups is 3. The average Bonchev–Trinajstić information content (AvgIpc) is 3.71. The number of nitrogens with zero attached hydrogens (tertiary/aromatic N) is 1. The Kier molecular flexibility index (Phi) is 13.1. The first-order chi connectivity index (χ1) is 19.0. The highest BCUT2D eigenvalue weighted by molar-refractivity contribution is 5.91. The van der Waals surface area contributed by atoms with E-state index in [9.17, 15) is 18.8 Å². The Morgan fingerprint density at radius 2 is 1.85 bits per heavy atom. The molecule has 4 N–H and O–H groups in total. The first-order valence-corrected chi connectivity index (χ1v) is 14.0. The minimum absolute atomic E-state index is 0.203. The van der Waals surface area contributed by atoms with E-state index < -0.39 is 17.9 Å². The molecule has 40 heavy (non-hydrogen) atoms. The fourth-order valence-corrected chi connectivity index (χ4v) is 4.59. The van der Waals surface area contributed by atoms with Crippen molar-refractivity contribution < 1.29 is 23.5 Å². The second-order valence-electron chi connectivity index (χ2n) is 10.2. The SMILES string of the molecule is CCNC1(c2cccc(CC)c2)CC1.CNC(=O)C(CC(N)=O)N(C)C(=O)CCCCOc1cc(C)cc(F)c1. The molecule has 0 aromatic heterocycles. The van der Waals surface area contributed by atoms with Crippen LogP contribution in [0.2, 0.25) is 0 Å². The van der Waals surface area contributed by atoms with Crippen molar-refractivity contribution in [3.8, 4) is 5.75 Å². The predicted octanol–water partition coefficient (Wildman–Crippen LogP) is 3.98. The van der Waals surface area contributed by atoms with Gasteiger partial charge in [-0.2, -0.15) is 0 Å². The number of hydrogen-bond donors (Lipinski definition) is 3. The predicted molar refractivity (Wildman–Crippen MR) is 155 cm³/mol. The summed E-state index contributed by atoms with van der Waals surface area (Å²) in [5.41, 5.74) is 9.18. The summed E-state index contributed by atoms with van der Waals surface area (Å²) in [5.74, 6) is -1.26. The molecule has 8 nitrogen and oxygen atoms in total. The third-order valence-corrected chi connectivity index (χ3v) is 7.03. The largest absolute Gasteiger partial charge is 0.493 e. The van der Waals surface area contributed by atoms with E-state index in [0.717, 1.165) is 18.5 Å². The van der Waals surface area contributed by atoms with Gasteiger partial charge >= 0.3 is 0 Å². The van der Waals surface area contributed by atoms with Gasteiger partial charge in [-0.3, -0.25) is 14.4 Å². The topological polar surface area (TPSA) is 114 Å². The lowest BCUT2D eigenvalue weighted by Crippen LogP contribution is -2.48. The fraction of sp³-hybridized carbons (Fsp3) is 0.516. The maximum atomic E-state index is 13.3. The zero-order valence-electron chi connectivity index (χ0n) is 24.5. The highest BCUT2D eigenvalue weighted by Crippen LogP contribution is 2.45. The zero-order valence-corrected chi connectivity index (χ0v) is 24.5. The van der Waals surface area contributed by atoms with Gasteiger partial charge in [-0.1, -0.05) is 38.1 Å². The van der Waals surface area contributed by atoms with E-state index in [1.807, 2.05) is 0 Å². The molecule has 0 bridgehead atoms. The van der Waals surface area contributed by atoms with Crippen LogP contribution in [0.15, 0.2) is 42.5 Å². The Hall–Kier alpha value is -3.46. The first-order valence-electron chi connectivity index (χ1n) is 14.0. The van der Waals surface area contributed by atoms with Gasteiger partial charge in [0.15, 0.2) is 0 Å². The van der Waals surface area contributed by atoms with E-state index in [1.54, 1.807) is 13.0 Å². The van der Waals surface area contributed by atoms with Crippen LogP contribution in [0.3, 0.4) is 0 Å². The number of benzene rings is 2. The maximum absolute atomic E-state index is 13.3. The Morgan fingerprint density at radius 1 is 1.12 bits per heavy atom. The number of ether oxygens (including phenoxy) is 1. The zero-order chi connectivity index (χ0) is 29.7. The molecule has 2 aromatic carbocycles. The monoisotopic (exact) mass is 556 g/mol. The third-order valence-electron chi connectivity index (χ3n) is 7.03. The number of carbonyl (C=O) groups excluding carboxylic acids is 3. The van der Waals surface area contributed by atoms with Crippen LogP contribution in [-0.4, -0.2) is 55.9 Å². The van der Waals surface area contributed by atoms with Crippen LogP contribution in [0, 0.1) is 12.7 Å². The van der Waals surface area contributed by atoms with Gasteiger partial charge in [0, 0.05) is 32.1 Å². The molecular formula is C31H45FN4O4. The van der Waals surface area contributed by atoms with Gasteiger partial charge in [-0.15, -0.1) is 0 Å². The van der Waals surface area contributed by atoms with Crippen molar-refractivity contribution in [3.63, 3.8) is 0 Å². The van der Waals surface area contributed by atoms with E-state index >= 15 is 0 Å². The summed E-state index contributed by atoms with van der Waals surface area (Å²) in [7, 11) is 2.90. The molecule has 1 aliphatic carbocycles. The van der Waals surface area contributed by atoms with E-state index in [2.05, 4.69) is 48.7 Å².